The van der Waals surface area contributed by atoms with Gasteiger partial charge in [-0.1, -0.05) is 6.92 Å². The second-order valence-corrected chi connectivity index (χ2v) is 5.04. The molecule has 3 heterocycles. The molecule has 0 aromatic carbocycles. The van der Waals surface area contributed by atoms with Crippen LogP contribution in [0.4, 0.5) is 5.82 Å². The molecule has 1 aliphatic rings. The van der Waals surface area contributed by atoms with E-state index >= 15 is 0 Å². The van der Waals surface area contributed by atoms with E-state index in [4.69, 9.17) is 17.0 Å². The summed E-state index contributed by atoms with van der Waals surface area (Å²) in [5.41, 5.74) is 5.32. The van der Waals surface area contributed by atoms with Crippen LogP contribution in [0.2, 0.25) is 0 Å². The predicted molar refractivity (Wildman–Crippen MR) is 72.3 cm³/mol. The van der Waals surface area contributed by atoms with Crippen molar-refractivity contribution in [1.29, 1.82) is 0 Å². The van der Waals surface area contributed by atoms with Gasteiger partial charge >= 0.3 is 5.72 Å². The number of aliphatic hydroxyl groups is 1. The van der Waals surface area contributed by atoms with E-state index in [0.29, 0.717) is 17.9 Å². The minimum absolute atomic E-state index is 0.0633. The first-order valence-corrected chi connectivity index (χ1v) is 6.35. The molecule has 1 saturated heterocycles. The summed E-state index contributed by atoms with van der Waals surface area (Å²) >= 11 is 0. The van der Waals surface area contributed by atoms with Crippen molar-refractivity contribution in [2.45, 2.75) is 25.3 Å². The largest absolute Gasteiger partial charge is 0.385 e. The number of hydrogen-bond acceptors (Lipinski definition) is 5. The standard InChI is InChI=1S/C13H15N5O2/c1-8-5-10(20-13(8,6-19)15-2)18-4-3-9-11(14)16-7-17-12(9)18/h3-4,7-8,10,19H,5-6H2,1H3,(H2,14,16,17)/t8-,10+,13+/m0/s1. The van der Waals surface area contributed by atoms with Crippen LogP contribution in [0, 0.1) is 12.5 Å². The molecule has 3 rings (SSSR count). The first kappa shape index (κ1) is 12.8. The molecule has 3 N–H and O–H groups in total. The molecule has 3 atom stereocenters. The smallest absolute Gasteiger partial charge is 0.364 e. The van der Waals surface area contributed by atoms with E-state index < -0.39 is 5.72 Å². The Labute approximate surface area is 115 Å². The molecule has 0 aliphatic carbocycles. The lowest BCUT2D eigenvalue weighted by Crippen LogP contribution is -2.34. The van der Waals surface area contributed by atoms with Crippen molar-refractivity contribution in [2.75, 3.05) is 12.3 Å². The third-order valence-electron chi connectivity index (χ3n) is 3.93. The minimum atomic E-state index is -1.17. The van der Waals surface area contributed by atoms with E-state index in [9.17, 15) is 5.11 Å². The SMILES string of the molecule is [C-]#[N+][C@]1(CO)O[C@@H](n2ccc3c(N)ncnc32)C[C@@H]1C. The fraction of sp³-hybridized carbons (Fsp3) is 0.462. The lowest BCUT2D eigenvalue weighted by Gasteiger charge is -2.18. The van der Waals surface area contributed by atoms with Gasteiger partial charge in [-0.25, -0.2) is 16.5 Å². The number of nitrogens with zero attached hydrogens (tertiary/aromatic N) is 4. The average Bonchev–Trinajstić information content (AvgIpc) is 3.01. The van der Waals surface area contributed by atoms with Gasteiger partial charge in [0.15, 0.2) is 0 Å². The van der Waals surface area contributed by atoms with E-state index in [-0.39, 0.29) is 18.8 Å². The second kappa shape index (κ2) is 4.44. The molecule has 0 unspecified atom stereocenters. The third-order valence-corrected chi connectivity index (χ3v) is 3.93. The Hall–Kier alpha value is -2.17. The van der Waals surface area contributed by atoms with Crippen LogP contribution in [0.25, 0.3) is 15.9 Å². The van der Waals surface area contributed by atoms with Crippen LogP contribution in [0.5, 0.6) is 0 Å². The van der Waals surface area contributed by atoms with Gasteiger partial charge in [0.05, 0.1) is 11.3 Å². The number of ether oxygens (including phenoxy) is 1. The molecular formula is C13H15N5O2. The Morgan fingerprint density at radius 1 is 1.65 bits per heavy atom. The zero-order valence-electron chi connectivity index (χ0n) is 11.0. The monoisotopic (exact) mass is 273 g/mol. The molecule has 7 heteroatoms. The van der Waals surface area contributed by atoms with Crippen LogP contribution < -0.4 is 5.73 Å². The summed E-state index contributed by atoms with van der Waals surface area (Å²) in [6, 6.07) is 1.83. The van der Waals surface area contributed by atoms with E-state index in [1.54, 1.807) is 0 Å². The first-order valence-electron chi connectivity index (χ1n) is 6.35. The highest BCUT2D eigenvalue weighted by Crippen LogP contribution is 2.43. The molecule has 0 bridgehead atoms. The zero-order chi connectivity index (χ0) is 14.3. The normalized spacial score (nSPS) is 29.6. The Bertz CT molecular complexity index is 692. The van der Waals surface area contributed by atoms with Gasteiger partial charge in [-0.05, 0) is 6.07 Å². The number of nitrogen functional groups attached to an aromatic ring is 1. The Balaban J connectivity index is 2.02. The predicted octanol–water partition coefficient (Wildman–Crippen LogP) is 1.18. The Morgan fingerprint density at radius 3 is 3.10 bits per heavy atom. The molecule has 1 aliphatic heterocycles. The maximum Gasteiger partial charge on any atom is 0.364 e. The van der Waals surface area contributed by atoms with Crippen molar-refractivity contribution in [3.63, 3.8) is 0 Å². The number of aromatic nitrogens is 3. The summed E-state index contributed by atoms with van der Waals surface area (Å²) < 4.78 is 7.65. The molecule has 7 nitrogen and oxygen atoms in total. The fourth-order valence-electron chi connectivity index (χ4n) is 2.64. The molecule has 20 heavy (non-hydrogen) atoms. The maximum absolute atomic E-state index is 9.47. The van der Waals surface area contributed by atoms with Gasteiger partial charge in [0, 0.05) is 12.6 Å². The Morgan fingerprint density at radius 2 is 2.45 bits per heavy atom. The van der Waals surface area contributed by atoms with Gasteiger partial charge in [0.25, 0.3) is 0 Å². The highest BCUT2D eigenvalue weighted by atomic mass is 16.6. The van der Waals surface area contributed by atoms with Crippen molar-refractivity contribution in [3.8, 4) is 0 Å². The summed E-state index contributed by atoms with van der Waals surface area (Å²) in [7, 11) is 0. The Kier molecular flexibility index (Phi) is 2.85. The molecule has 1 fully saturated rings. The van der Waals surface area contributed by atoms with Gasteiger partial charge in [-0.15, -0.1) is 0 Å². The van der Waals surface area contributed by atoms with Gasteiger partial charge in [-0.3, -0.25) is 9.58 Å². The quantitative estimate of drug-likeness (QED) is 0.802. The van der Waals surface area contributed by atoms with Crippen molar-refractivity contribution < 1.29 is 9.84 Å². The number of hydrogen-bond donors (Lipinski definition) is 2. The second-order valence-electron chi connectivity index (χ2n) is 5.04. The topological polar surface area (TPSA) is 90.5 Å². The molecule has 2 aromatic heterocycles. The van der Waals surface area contributed by atoms with Crippen LogP contribution >= 0.6 is 0 Å². The number of fused-ring (bicyclic) bond motifs is 1. The van der Waals surface area contributed by atoms with E-state index in [0.717, 1.165) is 5.39 Å². The van der Waals surface area contributed by atoms with Crippen LogP contribution in [0.1, 0.15) is 19.6 Å². The van der Waals surface area contributed by atoms with Crippen LogP contribution in [0.3, 0.4) is 0 Å². The minimum Gasteiger partial charge on any atom is -0.385 e. The maximum atomic E-state index is 9.47. The molecule has 0 spiro atoms. The van der Waals surface area contributed by atoms with E-state index in [2.05, 4.69) is 14.8 Å². The number of rotatable bonds is 2. The highest BCUT2D eigenvalue weighted by molar-refractivity contribution is 5.86. The van der Waals surface area contributed by atoms with E-state index in [1.165, 1.54) is 6.33 Å². The van der Waals surface area contributed by atoms with Crippen LogP contribution in [-0.2, 0) is 4.74 Å². The number of aliphatic hydroxyl groups excluding tert-OH is 1. The van der Waals surface area contributed by atoms with Crippen molar-refractivity contribution in [3.05, 3.63) is 30.0 Å². The van der Waals surface area contributed by atoms with Crippen molar-refractivity contribution >= 4 is 16.9 Å². The summed E-state index contributed by atoms with van der Waals surface area (Å²) in [4.78, 5) is 11.7. The molecule has 0 saturated carbocycles. The molecule has 2 aromatic rings. The van der Waals surface area contributed by atoms with Crippen molar-refractivity contribution in [2.24, 2.45) is 5.92 Å². The first-order chi connectivity index (χ1) is 9.61. The fourth-order valence-corrected chi connectivity index (χ4v) is 2.64. The molecule has 0 radical (unpaired) electrons. The van der Waals surface area contributed by atoms with Gasteiger partial charge in [0.1, 0.15) is 30.6 Å². The molecular weight excluding hydrogens is 258 g/mol. The van der Waals surface area contributed by atoms with Gasteiger partial charge in [-0.2, -0.15) is 0 Å². The van der Waals surface area contributed by atoms with Crippen LogP contribution in [-0.4, -0.2) is 32.0 Å². The summed E-state index contributed by atoms with van der Waals surface area (Å²) in [5, 5.41) is 10.2. The average molecular weight is 273 g/mol. The zero-order valence-corrected chi connectivity index (χ0v) is 11.0. The van der Waals surface area contributed by atoms with Crippen molar-refractivity contribution in [1.82, 2.24) is 14.5 Å². The highest BCUT2D eigenvalue weighted by Gasteiger charge is 2.53. The summed E-state index contributed by atoms with van der Waals surface area (Å²) in [6.45, 7) is 8.87. The van der Waals surface area contributed by atoms with Gasteiger partial charge in [0.2, 0.25) is 0 Å². The lowest BCUT2D eigenvalue weighted by molar-refractivity contribution is -0.0794. The summed E-state index contributed by atoms with van der Waals surface area (Å²) in [6.07, 6.45) is 3.53. The van der Waals surface area contributed by atoms with Gasteiger partial charge < -0.3 is 15.4 Å². The third kappa shape index (κ3) is 1.66. The van der Waals surface area contributed by atoms with Crippen LogP contribution in [0.15, 0.2) is 18.6 Å². The molecule has 0 amide bonds. The lowest BCUT2D eigenvalue weighted by atomic mass is 9.98. The number of nitrogens with two attached hydrogens (primary N) is 1. The summed E-state index contributed by atoms with van der Waals surface area (Å²) in [5.74, 6) is 0.352. The molecule has 104 valence electrons. The van der Waals surface area contributed by atoms with E-state index in [1.807, 2.05) is 23.8 Å². The number of anilines is 1.